The first-order chi connectivity index (χ1) is 15.7. The van der Waals surface area contributed by atoms with Gasteiger partial charge in [0.2, 0.25) is 0 Å². The SMILES string of the molecule is CC(=O)OC[C@@H]1O[C@H](n2ncc(=O)n(Cc3ccccc3)c2=O)[C@@H](OC(C)=O)[C@@H]1OC(C)=O. The average molecular weight is 461 g/mol. The molecule has 1 aliphatic heterocycles. The molecular formula is C21H23N3O9. The van der Waals surface area contributed by atoms with Gasteiger partial charge in [-0.25, -0.2) is 4.79 Å². The molecule has 4 atom stereocenters. The summed E-state index contributed by atoms with van der Waals surface area (Å²) in [4.78, 5) is 60.2. The molecule has 0 aliphatic carbocycles. The molecule has 2 aromatic rings. The van der Waals surface area contributed by atoms with Gasteiger partial charge in [-0.3, -0.25) is 23.7 Å². The molecule has 0 spiro atoms. The number of aromatic nitrogens is 3. The van der Waals surface area contributed by atoms with Gasteiger partial charge < -0.3 is 18.9 Å². The topological polar surface area (TPSA) is 145 Å². The van der Waals surface area contributed by atoms with Crippen molar-refractivity contribution in [3.8, 4) is 0 Å². The van der Waals surface area contributed by atoms with Crippen molar-refractivity contribution < 1.29 is 33.3 Å². The summed E-state index contributed by atoms with van der Waals surface area (Å²) >= 11 is 0. The van der Waals surface area contributed by atoms with E-state index >= 15 is 0 Å². The van der Waals surface area contributed by atoms with E-state index in [1.165, 1.54) is 6.92 Å². The molecule has 0 bridgehead atoms. The van der Waals surface area contributed by atoms with E-state index in [9.17, 15) is 24.0 Å². The predicted molar refractivity (Wildman–Crippen MR) is 110 cm³/mol. The van der Waals surface area contributed by atoms with E-state index in [0.29, 0.717) is 5.56 Å². The smallest absolute Gasteiger partial charge is 0.350 e. The Balaban J connectivity index is 2.02. The van der Waals surface area contributed by atoms with Gasteiger partial charge in [0.05, 0.1) is 6.54 Å². The molecule has 1 saturated heterocycles. The highest BCUT2D eigenvalue weighted by Gasteiger charge is 2.51. The van der Waals surface area contributed by atoms with Crippen LogP contribution in [0.5, 0.6) is 0 Å². The third-order valence-electron chi connectivity index (χ3n) is 4.75. The van der Waals surface area contributed by atoms with Crippen LogP contribution in [0.2, 0.25) is 0 Å². The van der Waals surface area contributed by atoms with Crippen molar-refractivity contribution in [2.24, 2.45) is 0 Å². The number of nitrogens with zero attached hydrogens (tertiary/aromatic N) is 3. The van der Waals surface area contributed by atoms with Crippen LogP contribution in [0.25, 0.3) is 0 Å². The van der Waals surface area contributed by atoms with E-state index in [0.717, 1.165) is 29.3 Å². The van der Waals surface area contributed by atoms with Crippen molar-refractivity contribution in [2.75, 3.05) is 6.61 Å². The number of carbonyl (C=O) groups is 3. The number of hydrogen-bond donors (Lipinski definition) is 0. The van der Waals surface area contributed by atoms with Crippen LogP contribution in [-0.2, 0) is 39.9 Å². The molecular weight excluding hydrogens is 438 g/mol. The standard InChI is InChI=1S/C21H23N3O9/c1-12(25)30-11-16-18(31-13(2)26)19(32-14(3)27)20(33-16)24-21(29)23(17(28)9-22-24)10-15-7-5-4-6-8-15/h4-9,16,18-20H,10-11H2,1-3H3/t16-,18+,19-,20-/m0/s1. The zero-order chi connectivity index (χ0) is 24.1. The van der Waals surface area contributed by atoms with E-state index in [1.54, 1.807) is 30.3 Å². The maximum Gasteiger partial charge on any atom is 0.350 e. The monoisotopic (exact) mass is 461 g/mol. The van der Waals surface area contributed by atoms with Crippen LogP contribution in [-0.4, -0.2) is 57.2 Å². The Morgan fingerprint density at radius 3 is 2.21 bits per heavy atom. The first-order valence-electron chi connectivity index (χ1n) is 10.0. The number of ether oxygens (including phenoxy) is 4. The lowest BCUT2D eigenvalue weighted by atomic mass is 10.1. The average Bonchev–Trinajstić information content (AvgIpc) is 3.06. The first kappa shape index (κ1) is 23.9. The van der Waals surface area contributed by atoms with Crippen LogP contribution in [0, 0.1) is 0 Å². The highest BCUT2D eigenvalue weighted by molar-refractivity contribution is 5.68. The van der Waals surface area contributed by atoms with Gasteiger partial charge >= 0.3 is 23.6 Å². The second-order valence-corrected chi connectivity index (χ2v) is 7.30. The zero-order valence-corrected chi connectivity index (χ0v) is 18.2. The number of rotatable bonds is 7. The Bertz CT molecular complexity index is 1140. The van der Waals surface area contributed by atoms with Crippen molar-refractivity contribution in [1.82, 2.24) is 14.3 Å². The van der Waals surface area contributed by atoms with Crippen LogP contribution < -0.4 is 11.2 Å². The van der Waals surface area contributed by atoms with Gasteiger partial charge in [-0.1, -0.05) is 30.3 Å². The molecule has 1 aliphatic rings. The molecule has 12 nitrogen and oxygen atoms in total. The third-order valence-corrected chi connectivity index (χ3v) is 4.75. The highest BCUT2D eigenvalue weighted by atomic mass is 16.7. The molecule has 33 heavy (non-hydrogen) atoms. The molecule has 0 radical (unpaired) electrons. The predicted octanol–water partition coefficient (Wildman–Crippen LogP) is -0.223. The third kappa shape index (κ3) is 5.71. The van der Waals surface area contributed by atoms with Gasteiger partial charge in [-0.05, 0) is 5.56 Å². The zero-order valence-electron chi connectivity index (χ0n) is 18.2. The van der Waals surface area contributed by atoms with Crippen LogP contribution >= 0.6 is 0 Å². The van der Waals surface area contributed by atoms with Gasteiger partial charge in [-0.15, -0.1) is 0 Å². The van der Waals surface area contributed by atoms with E-state index < -0.39 is 53.7 Å². The van der Waals surface area contributed by atoms with E-state index in [1.807, 2.05) is 0 Å². The Morgan fingerprint density at radius 1 is 0.970 bits per heavy atom. The van der Waals surface area contributed by atoms with Crippen molar-refractivity contribution in [1.29, 1.82) is 0 Å². The Labute approximate surface area is 187 Å². The molecule has 1 aromatic heterocycles. The maximum absolute atomic E-state index is 13.2. The summed E-state index contributed by atoms with van der Waals surface area (Å²) in [5.74, 6) is -2.05. The largest absolute Gasteiger partial charge is 0.463 e. The normalized spacial score (nSPS) is 21.9. The molecule has 0 N–H and O–H groups in total. The number of esters is 3. The van der Waals surface area contributed by atoms with E-state index in [-0.39, 0.29) is 13.2 Å². The second kappa shape index (κ2) is 10.2. The molecule has 0 saturated carbocycles. The second-order valence-electron chi connectivity index (χ2n) is 7.30. The summed E-state index contributed by atoms with van der Waals surface area (Å²) in [5.41, 5.74) is -0.776. The number of benzene rings is 1. The molecule has 3 rings (SSSR count). The van der Waals surface area contributed by atoms with Crippen LogP contribution in [0.15, 0.2) is 46.1 Å². The van der Waals surface area contributed by atoms with Crippen molar-refractivity contribution in [3.63, 3.8) is 0 Å². The molecule has 1 fully saturated rings. The van der Waals surface area contributed by atoms with Gasteiger partial charge in [0.25, 0.3) is 5.56 Å². The summed E-state index contributed by atoms with van der Waals surface area (Å²) in [5, 5.41) is 3.87. The minimum atomic E-state index is -1.35. The summed E-state index contributed by atoms with van der Waals surface area (Å²) in [7, 11) is 0. The van der Waals surface area contributed by atoms with Crippen LogP contribution in [0.1, 0.15) is 32.6 Å². The Kier molecular flexibility index (Phi) is 7.38. The van der Waals surface area contributed by atoms with E-state index in [2.05, 4.69) is 5.10 Å². The Hall–Kier alpha value is -3.80. The quantitative estimate of drug-likeness (QED) is 0.401. The fourth-order valence-corrected chi connectivity index (χ4v) is 3.42. The van der Waals surface area contributed by atoms with Crippen LogP contribution in [0.3, 0.4) is 0 Å². The lowest BCUT2D eigenvalue weighted by Crippen LogP contribution is -2.46. The number of carbonyl (C=O) groups excluding carboxylic acids is 3. The molecule has 2 heterocycles. The van der Waals surface area contributed by atoms with Crippen molar-refractivity contribution in [3.05, 3.63) is 62.9 Å². The van der Waals surface area contributed by atoms with E-state index in [4.69, 9.17) is 18.9 Å². The number of hydrogen-bond acceptors (Lipinski definition) is 10. The van der Waals surface area contributed by atoms with Gasteiger partial charge in [0.15, 0.2) is 18.4 Å². The van der Waals surface area contributed by atoms with Crippen LogP contribution in [0.4, 0.5) is 0 Å². The van der Waals surface area contributed by atoms with Crippen molar-refractivity contribution in [2.45, 2.75) is 51.9 Å². The summed E-state index contributed by atoms with van der Waals surface area (Å²) in [6, 6.07) is 8.82. The fraction of sp³-hybridized carbons (Fsp3) is 0.429. The lowest BCUT2D eigenvalue weighted by Gasteiger charge is -2.23. The molecule has 176 valence electrons. The first-order valence-corrected chi connectivity index (χ1v) is 10.0. The van der Waals surface area contributed by atoms with Gasteiger partial charge in [0.1, 0.15) is 18.9 Å². The molecule has 1 aromatic carbocycles. The minimum Gasteiger partial charge on any atom is -0.463 e. The molecule has 0 unspecified atom stereocenters. The fourth-order valence-electron chi connectivity index (χ4n) is 3.42. The minimum absolute atomic E-state index is 0.0315. The van der Waals surface area contributed by atoms with Gasteiger partial charge in [0, 0.05) is 20.8 Å². The molecule has 12 heteroatoms. The Morgan fingerprint density at radius 2 is 1.61 bits per heavy atom. The summed E-state index contributed by atoms with van der Waals surface area (Å²) < 4.78 is 23.1. The molecule has 0 amide bonds. The summed E-state index contributed by atoms with van der Waals surface area (Å²) in [6.07, 6.45) is -3.97. The summed E-state index contributed by atoms with van der Waals surface area (Å²) in [6.45, 7) is 3.10. The highest BCUT2D eigenvalue weighted by Crippen LogP contribution is 2.33. The lowest BCUT2D eigenvalue weighted by molar-refractivity contribution is -0.166. The van der Waals surface area contributed by atoms with Crippen molar-refractivity contribution >= 4 is 17.9 Å². The van der Waals surface area contributed by atoms with Gasteiger partial charge in [-0.2, -0.15) is 9.78 Å². The maximum atomic E-state index is 13.2.